The molecule has 4 heteroatoms. The molecule has 0 amide bonds. The van der Waals surface area contributed by atoms with Gasteiger partial charge in [-0.25, -0.2) is 4.39 Å². The van der Waals surface area contributed by atoms with E-state index in [4.69, 9.17) is 0 Å². The highest BCUT2D eigenvalue weighted by Gasteiger charge is 2.08. The van der Waals surface area contributed by atoms with Crippen LogP contribution in [0.15, 0.2) is 30.6 Å². The lowest BCUT2D eigenvalue weighted by Gasteiger charge is -2.11. The molecule has 1 aromatic carbocycles. The van der Waals surface area contributed by atoms with Crippen molar-refractivity contribution in [2.24, 2.45) is 0 Å². The molecule has 0 saturated heterocycles. The van der Waals surface area contributed by atoms with Gasteiger partial charge in [0, 0.05) is 23.8 Å². The molecule has 1 aromatic heterocycles. The Bertz CT molecular complexity index is 559. The highest BCUT2D eigenvalue weighted by molar-refractivity contribution is 5.65. The van der Waals surface area contributed by atoms with Gasteiger partial charge < -0.3 is 5.32 Å². The van der Waals surface area contributed by atoms with Crippen molar-refractivity contribution in [1.82, 2.24) is 9.78 Å². The Balaban J connectivity index is 0.00000106. The summed E-state index contributed by atoms with van der Waals surface area (Å²) in [5, 5.41) is 7.35. The average Bonchev–Trinajstić information content (AvgIpc) is 2.93. The molecule has 0 bridgehead atoms. The number of nitrogens with one attached hydrogen (secondary N) is 1. The Morgan fingerprint density at radius 3 is 2.24 bits per heavy atom. The predicted octanol–water partition coefficient (Wildman–Crippen LogP) is 5.12. The van der Waals surface area contributed by atoms with E-state index in [9.17, 15) is 4.39 Å². The fraction of sp³-hybridized carbons (Fsp3) is 0.471. The molecule has 116 valence electrons. The summed E-state index contributed by atoms with van der Waals surface area (Å²) < 4.78 is 15.8. The summed E-state index contributed by atoms with van der Waals surface area (Å²) in [7, 11) is 0. The van der Waals surface area contributed by atoms with Gasteiger partial charge in [0.05, 0.1) is 11.9 Å². The van der Waals surface area contributed by atoms with Crippen LogP contribution in [0.25, 0.3) is 11.1 Å². The van der Waals surface area contributed by atoms with Gasteiger partial charge in [-0.2, -0.15) is 5.10 Å². The van der Waals surface area contributed by atoms with Crippen LogP contribution in [0, 0.1) is 5.82 Å². The SMILES string of the molecule is CC.CC(C)Nc1ccc(-c2cnn(C(C)C)c2)cc1F. The molecule has 0 saturated carbocycles. The molecular formula is C17H26FN3. The van der Waals surface area contributed by atoms with Crippen LogP contribution in [0.5, 0.6) is 0 Å². The number of halogens is 1. The molecule has 0 spiro atoms. The van der Waals surface area contributed by atoms with E-state index < -0.39 is 0 Å². The molecule has 0 fully saturated rings. The summed E-state index contributed by atoms with van der Waals surface area (Å²) in [5.41, 5.74) is 2.32. The first-order valence-corrected chi connectivity index (χ1v) is 7.58. The highest BCUT2D eigenvalue weighted by atomic mass is 19.1. The van der Waals surface area contributed by atoms with Crippen molar-refractivity contribution in [3.05, 3.63) is 36.4 Å². The number of aromatic nitrogens is 2. The van der Waals surface area contributed by atoms with Gasteiger partial charge in [-0.1, -0.05) is 19.9 Å². The van der Waals surface area contributed by atoms with Gasteiger partial charge in [0.25, 0.3) is 0 Å². The first-order chi connectivity index (χ1) is 9.97. The van der Waals surface area contributed by atoms with E-state index in [0.717, 1.165) is 11.1 Å². The number of hydrogen-bond donors (Lipinski definition) is 1. The fourth-order valence-corrected chi connectivity index (χ4v) is 1.89. The summed E-state index contributed by atoms with van der Waals surface area (Å²) in [4.78, 5) is 0. The van der Waals surface area contributed by atoms with E-state index in [1.54, 1.807) is 18.3 Å². The molecule has 0 unspecified atom stereocenters. The molecule has 0 atom stereocenters. The zero-order chi connectivity index (χ0) is 16.0. The number of anilines is 1. The molecule has 3 nitrogen and oxygen atoms in total. The molecule has 0 radical (unpaired) electrons. The van der Waals surface area contributed by atoms with Crippen molar-refractivity contribution in [2.45, 2.75) is 53.6 Å². The quantitative estimate of drug-likeness (QED) is 0.847. The maximum Gasteiger partial charge on any atom is 0.146 e. The lowest BCUT2D eigenvalue weighted by molar-refractivity contribution is 0.532. The number of nitrogens with zero attached hydrogens (tertiary/aromatic N) is 2. The van der Waals surface area contributed by atoms with Crippen molar-refractivity contribution in [2.75, 3.05) is 5.32 Å². The monoisotopic (exact) mass is 291 g/mol. The molecule has 0 aliphatic carbocycles. The Morgan fingerprint density at radius 1 is 1.10 bits per heavy atom. The van der Waals surface area contributed by atoms with Crippen molar-refractivity contribution in [3.63, 3.8) is 0 Å². The Hall–Kier alpha value is -1.84. The molecule has 2 rings (SSSR count). The van der Waals surface area contributed by atoms with E-state index in [2.05, 4.69) is 24.3 Å². The van der Waals surface area contributed by atoms with Crippen LogP contribution in [0.1, 0.15) is 47.6 Å². The molecule has 1 N–H and O–H groups in total. The van der Waals surface area contributed by atoms with Crippen LogP contribution < -0.4 is 5.32 Å². The summed E-state index contributed by atoms with van der Waals surface area (Å²) in [6, 6.07) is 5.75. The number of rotatable bonds is 4. The minimum atomic E-state index is -0.233. The molecule has 21 heavy (non-hydrogen) atoms. The Labute approximate surface area is 127 Å². The predicted molar refractivity (Wildman–Crippen MR) is 88.1 cm³/mol. The summed E-state index contributed by atoms with van der Waals surface area (Å²) >= 11 is 0. The standard InChI is InChI=1S/C15H20FN3.C2H6/c1-10(2)18-15-6-5-12(7-14(15)16)13-8-17-19(9-13)11(3)4;1-2/h5-11,18H,1-4H3;1-2H3. The van der Waals surface area contributed by atoms with Crippen LogP contribution in [-0.4, -0.2) is 15.8 Å². The van der Waals surface area contributed by atoms with Crippen LogP contribution >= 0.6 is 0 Å². The Morgan fingerprint density at radius 2 is 1.76 bits per heavy atom. The van der Waals surface area contributed by atoms with Crippen molar-refractivity contribution < 1.29 is 4.39 Å². The van der Waals surface area contributed by atoms with Crippen LogP contribution in [0.4, 0.5) is 10.1 Å². The molecule has 0 aliphatic rings. The van der Waals surface area contributed by atoms with Gasteiger partial charge in [-0.3, -0.25) is 4.68 Å². The van der Waals surface area contributed by atoms with Gasteiger partial charge >= 0.3 is 0 Å². The van der Waals surface area contributed by atoms with Crippen LogP contribution in [0.2, 0.25) is 0 Å². The number of benzene rings is 1. The molecular weight excluding hydrogens is 265 g/mol. The molecule has 1 heterocycles. The maximum atomic E-state index is 14.0. The first kappa shape index (κ1) is 17.2. The van der Waals surface area contributed by atoms with Gasteiger partial charge in [-0.05, 0) is 45.4 Å². The van der Waals surface area contributed by atoms with E-state index >= 15 is 0 Å². The summed E-state index contributed by atoms with van der Waals surface area (Å²) in [6.45, 7) is 12.1. The molecule has 2 aromatic rings. The van der Waals surface area contributed by atoms with Crippen molar-refractivity contribution in [3.8, 4) is 11.1 Å². The van der Waals surface area contributed by atoms with E-state index in [0.29, 0.717) is 11.7 Å². The smallest absolute Gasteiger partial charge is 0.146 e. The summed E-state index contributed by atoms with van der Waals surface area (Å²) in [5.74, 6) is -0.233. The van der Waals surface area contributed by atoms with Gasteiger partial charge in [0.15, 0.2) is 0 Å². The van der Waals surface area contributed by atoms with Crippen LogP contribution in [-0.2, 0) is 0 Å². The third kappa shape index (κ3) is 4.59. The summed E-state index contributed by atoms with van der Waals surface area (Å²) in [6.07, 6.45) is 3.71. The van der Waals surface area contributed by atoms with Gasteiger partial charge in [0.1, 0.15) is 5.82 Å². The minimum Gasteiger partial charge on any atom is -0.381 e. The second-order valence-electron chi connectivity index (χ2n) is 5.30. The van der Waals surface area contributed by atoms with Crippen molar-refractivity contribution in [1.29, 1.82) is 0 Å². The van der Waals surface area contributed by atoms with E-state index in [1.165, 1.54) is 0 Å². The largest absolute Gasteiger partial charge is 0.381 e. The number of hydrogen-bond acceptors (Lipinski definition) is 2. The lowest BCUT2D eigenvalue weighted by atomic mass is 10.1. The third-order valence-corrected chi connectivity index (χ3v) is 2.88. The topological polar surface area (TPSA) is 29.9 Å². The van der Waals surface area contributed by atoms with E-state index in [-0.39, 0.29) is 11.9 Å². The second-order valence-corrected chi connectivity index (χ2v) is 5.30. The van der Waals surface area contributed by atoms with Crippen molar-refractivity contribution >= 4 is 5.69 Å². The zero-order valence-corrected chi connectivity index (χ0v) is 13.8. The van der Waals surface area contributed by atoms with Gasteiger partial charge in [0.2, 0.25) is 0 Å². The van der Waals surface area contributed by atoms with E-state index in [1.807, 2.05) is 44.6 Å². The minimum absolute atomic E-state index is 0.212. The normalized spacial score (nSPS) is 10.5. The Kier molecular flexibility index (Phi) is 6.40. The first-order valence-electron chi connectivity index (χ1n) is 7.58. The second kappa shape index (κ2) is 7.81. The maximum absolute atomic E-state index is 14.0. The highest BCUT2D eigenvalue weighted by Crippen LogP contribution is 2.25. The average molecular weight is 291 g/mol. The van der Waals surface area contributed by atoms with Crippen LogP contribution in [0.3, 0.4) is 0 Å². The lowest BCUT2D eigenvalue weighted by Crippen LogP contribution is -2.10. The fourth-order valence-electron chi connectivity index (χ4n) is 1.89. The molecule has 0 aliphatic heterocycles. The zero-order valence-electron chi connectivity index (χ0n) is 13.8. The third-order valence-electron chi connectivity index (χ3n) is 2.88. The van der Waals surface area contributed by atoms with Gasteiger partial charge in [-0.15, -0.1) is 0 Å².